The quantitative estimate of drug-likeness (QED) is 0.0836. The summed E-state index contributed by atoms with van der Waals surface area (Å²) in [4.78, 5) is 12.1. The largest absolute Gasteiger partial charge is 0.465 e. The highest BCUT2D eigenvalue weighted by Gasteiger charge is 2.12. The second-order valence-corrected chi connectivity index (χ2v) is 9.66. The lowest BCUT2D eigenvalue weighted by Gasteiger charge is -2.17. The Morgan fingerprint density at radius 1 is 0.655 bits per heavy atom. The van der Waals surface area contributed by atoms with Crippen LogP contribution in [0.2, 0.25) is 0 Å². The Bertz CT molecular complexity index is 333. The van der Waals surface area contributed by atoms with Gasteiger partial charge in [-0.15, -0.1) is 0 Å². The van der Waals surface area contributed by atoms with Crippen molar-refractivity contribution in [2.45, 2.75) is 142 Å². The second kappa shape index (κ2) is 24.2. The summed E-state index contributed by atoms with van der Waals surface area (Å²) >= 11 is 3.48. The third-order valence-electron chi connectivity index (χ3n) is 5.93. The molecule has 0 N–H and O–H groups in total. The number of hydrogen-bond acceptors (Lipinski definition) is 2. The normalized spacial score (nSPS) is 12.2. The van der Waals surface area contributed by atoms with E-state index in [1.807, 2.05) is 0 Å². The zero-order valence-electron chi connectivity index (χ0n) is 19.8. The number of rotatable bonds is 23. The summed E-state index contributed by atoms with van der Waals surface area (Å²) in [5.41, 5.74) is 0. The van der Waals surface area contributed by atoms with E-state index in [2.05, 4.69) is 29.8 Å². The van der Waals surface area contributed by atoms with Crippen molar-refractivity contribution >= 4 is 21.9 Å². The van der Waals surface area contributed by atoms with Gasteiger partial charge in [0.1, 0.15) is 0 Å². The van der Waals surface area contributed by atoms with Crippen LogP contribution >= 0.6 is 15.9 Å². The maximum atomic E-state index is 12.1. The van der Waals surface area contributed by atoms with E-state index >= 15 is 0 Å². The first-order valence-corrected chi connectivity index (χ1v) is 14.1. The van der Waals surface area contributed by atoms with Gasteiger partial charge in [0.25, 0.3) is 0 Å². The van der Waals surface area contributed by atoms with Crippen molar-refractivity contribution in [3.63, 3.8) is 0 Å². The fourth-order valence-corrected chi connectivity index (χ4v) is 4.31. The minimum Gasteiger partial charge on any atom is -0.465 e. The number of hydrogen-bond donors (Lipinski definition) is 0. The van der Waals surface area contributed by atoms with Gasteiger partial charge in [0.05, 0.1) is 6.61 Å². The molecule has 3 heteroatoms. The molecular weight excluding hydrogens is 424 g/mol. The van der Waals surface area contributed by atoms with Crippen LogP contribution in [0.5, 0.6) is 0 Å². The monoisotopic (exact) mass is 474 g/mol. The Labute approximate surface area is 191 Å². The van der Waals surface area contributed by atoms with Crippen LogP contribution < -0.4 is 0 Å². The van der Waals surface area contributed by atoms with Gasteiger partial charge in [0, 0.05) is 11.8 Å². The first kappa shape index (κ1) is 28.9. The minimum atomic E-state index is 0.0331. The number of alkyl halides is 1. The van der Waals surface area contributed by atoms with Crippen molar-refractivity contribution in [1.82, 2.24) is 0 Å². The molecule has 0 aliphatic heterocycles. The molecule has 0 rings (SSSR count). The van der Waals surface area contributed by atoms with E-state index in [0.717, 1.165) is 11.8 Å². The van der Waals surface area contributed by atoms with E-state index in [4.69, 9.17) is 4.74 Å². The molecule has 0 aliphatic carbocycles. The lowest BCUT2D eigenvalue weighted by molar-refractivity contribution is -0.145. The van der Waals surface area contributed by atoms with Gasteiger partial charge in [-0.2, -0.15) is 0 Å². The van der Waals surface area contributed by atoms with Crippen molar-refractivity contribution in [3.05, 3.63) is 0 Å². The first-order chi connectivity index (χ1) is 14.2. The number of esters is 1. The third-order valence-corrected chi connectivity index (χ3v) is 6.49. The van der Waals surface area contributed by atoms with E-state index in [1.165, 1.54) is 116 Å². The van der Waals surface area contributed by atoms with E-state index in [0.29, 0.717) is 18.9 Å². The zero-order valence-corrected chi connectivity index (χ0v) is 21.4. The average molecular weight is 476 g/mol. The van der Waals surface area contributed by atoms with E-state index in [9.17, 15) is 4.79 Å². The van der Waals surface area contributed by atoms with E-state index < -0.39 is 0 Å². The maximum Gasteiger partial charge on any atom is 0.305 e. The fraction of sp³-hybridized carbons (Fsp3) is 0.962. The summed E-state index contributed by atoms with van der Waals surface area (Å²) < 4.78 is 5.67. The Hall–Kier alpha value is -0.0500. The number of carbonyl (C=O) groups excluding carboxylic acids is 1. The van der Waals surface area contributed by atoms with Crippen LogP contribution in [0.4, 0.5) is 0 Å². The molecule has 1 unspecified atom stereocenters. The van der Waals surface area contributed by atoms with Crippen molar-refractivity contribution in [1.29, 1.82) is 0 Å². The molecule has 0 bridgehead atoms. The fourth-order valence-electron chi connectivity index (χ4n) is 3.91. The van der Waals surface area contributed by atoms with Gasteiger partial charge in [-0.3, -0.25) is 4.79 Å². The molecule has 0 amide bonds. The van der Waals surface area contributed by atoms with Gasteiger partial charge in [0.15, 0.2) is 0 Å². The van der Waals surface area contributed by atoms with Crippen LogP contribution in [0, 0.1) is 5.92 Å². The molecule has 29 heavy (non-hydrogen) atoms. The first-order valence-electron chi connectivity index (χ1n) is 13.0. The molecule has 0 fully saturated rings. The minimum absolute atomic E-state index is 0.0331. The van der Waals surface area contributed by atoms with Crippen LogP contribution in [0.15, 0.2) is 0 Å². The van der Waals surface area contributed by atoms with Crippen LogP contribution in [0.3, 0.4) is 0 Å². The summed E-state index contributed by atoms with van der Waals surface area (Å²) in [6.07, 6.45) is 25.1. The summed E-state index contributed by atoms with van der Waals surface area (Å²) in [5.74, 6) is 0.613. The van der Waals surface area contributed by atoms with Gasteiger partial charge in [0.2, 0.25) is 0 Å². The average Bonchev–Trinajstić information content (AvgIpc) is 2.73. The smallest absolute Gasteiger partial charge is 0.305 e. The lowest BCUT2D eigenvalue weighted by Crippen LogP contribution is -2.14. The molecule has 0 aliphatic rings. The Kier molecular flexibility index (Phi) is 24.2. The van der Waals surface area contributed by atoms with Gasteiger partial charge in [-0.1, -0.05) is 126 Å². The zero-order chi connectivity index (χ0) is 21.4. The molecule has 0 spiro atoms. The van der Waals surface area contributed by atoms with Gasteiger partial charge < -0.3 is 4.74 Å². The van der Waals surface area contributed by atoms with Crippen molar-refractivity contribution in [2.75, 3.05) is 11.9 Å². The highest BCUT2D eigenvalue weighted by Crippen LogP contribution is 2.20. The predicted octanol–water partition coefficient (Wildman–Crippen LogP) is 9.38. The van der Waals surface area contributed by atoms with Crippen LogP contribution in [-0.4, -0.2) is 17.9 Å². The summed E-state index contributed by atoms with van der Waals surface area (Å²) in [6, 6.07) is 0. The molecule has 174 valence electrons. The molecule has 0 heterocycles. The lowest BCUT2D eigenvalue weighted by atomic mass is 9.95. The third kappa shape index (κ3) is 22.5. The van der Waals surface area contributed by atoms with Crippen molar-refractivity contribution < 1.29 is 9.53 Å². The predicted molar refractivity (Wildman–Crippen MR) is 132 cm³/mol. The summed E-state index contributed by atoms with van der Waals surface area (Å²) in [7, 11) is 0. The molecule has 0 aromatic carbocycles. The molecule has 0 saturated carbocycles. The number of ether oxygens (including phenoxy) is 1. The van der Waals surface area contributed by atoms with Gasteiger partial charge >= 0.3 is 5.97 Å². The SMILES string of the molecule is CCCCCCCCC(CCCCCC)COC(=O)CCCCCCCCCBr. The Morgan fingerprint density at radius 3 is 1.66 bits per heavy atom. The van der Waals surface area contributed by atoms with E-state index in [1.54, 1.807) is 0 Å². The topological polar surface area (TPSA) is 26.3 Å². The van der Waals surface area contributed by atoms with Gasteiger partial charge in [-0.25, -0.2) is 0 Å². The van der Waals surface area contributed by atoms with Crippen molar-refractivity contribution in [3.8, 4) is 0 Å². The second-order valence-electron chi connectivity index (χ2n) is 8.87. The van der Waals surface area contributed by atoms with Crippen LogP contribution in [0.1, 0.15) is 142 Å². The number of carbonyl (C=O) groups is 1. The van der Waals surface area contributed by atoms with E-state index in [-0.39, 0.29) is 5.97 Å². The number of halogens is 1. The summed E-state index contributed by atoms with van der Waals surface area (Å²) in [5, 5.41) is 1.12. The van der Waals surface area contributed by atoms with Crippen LogP contribution in [-0.2, 0) is 9.53 Å². The highest BCUT2D eigenvalue weighted by molar-refractivity contribution is 9.09. The molecular formula is C26H51BrO2. The molecule has 0 aromatic heterocycles. The molecule has 0 radical (unpaired) electrons. The Morgan fingerprint density at radius 2 is 1.10 bits per heavy atom. The molecule has 0 saturated heterocycles. The van der Waals surface area contributed by atoms with Crippen molar-refractivity contribution in [2.24, 2.45) is 5.92 Å². The maximum absolute atomic E-state index is 12.1. The Balaban J connectivity index is 3.85. The molecule has 1 atom stereocenters. The standard InChI is InChI=1S/C26H51BrO2/c1-3-5-7-9-13-17-21-25(20-16-8-6-4-2)24-29-26(28)22-18-14-11-10-12-15-19-23-27/h25H,3-24H2,1-2H3. The van der Waals surface area contributed by atoms with Gasteiger partial charge in [-0.05, 0) is 31.6 Å². The molecule has 2 nitrogen and oxygen atoms in total. The number of unbranched alkanes of at least 4 members (excludes halogenated alkanes) is 14. The molecule has 0 aromatic rings. The highest BCUT2D eigenvalue weighted by atomic mass is 79.9. The summed E-state index contributed by atoms with van der Waals surface area (Å²) in [6.45, 7) is 5.19. The van der Waals surface area contributed by atoms with Crippen LogP contribution in [0.25, 0.3) is 0 Å².